The van der Waals surface area contributed by atoms with Crippen LogP contribution in [-0.2, 0) is 14.3 Å². The van der Waals surface area contributed by atoms with Crippen LogP contribution in [0, 0.1) is 5.41 Å². The zero-order chi connectivity index (χ0) is 12.2. The highest BCUT2D eigenvalue weighted by Gasteiger charge is 2.33. The standard InChI is InChI=1S/C13H22O3/c1-5-12(14)16-9-13(3,4)11-8-10(2)6-7-15-11/h6,11H,5,7-9H2,1-4H3. The van der Waals surface area contributed by atoms with Gasteiger partial charge < -0.3 is 9.47 Å². The van der Waals surface area contributed by atoms with Gasteiger partial charge in [-0.05, 0) is 13.3 Å². The lowest BCUT2D eigenvalue weighted by molar-refractivity contribution is -0.150. The highest BCUT2D eigenvalue weighted by molar-refractivity contribution is 5.68. The molecule has 0 radical (unpaired) electrons. The Morgan fingerprint density at radius 1 is 1.62 bits per heavy atom. The smallest absolute Gasteiger partial charge is 0.305 e. The Hall–Kier alpha value is -0.830. The number of carbonyl (C=O) groups is 1. The van der Waals surface area contributed by atoms with E-state index < -0.39 is 0 Å². The van der Waals surface area contributed by atoms with E-state index in [0.29, 0.717) is 19.6 Å². The summed E-state index contributed by atoms with van der Waals surface area (Å²) in [6, 6.07) is 0. The summed E-state index contributed by atoms with van der Waals surface area (Å²) in [6.07, 6.45) is 3.60. The lowest BCUT2D eigenvalue weighted by Crippen LogP contribution is -2.38. The molecule has 1 unspecified atom stereocenters. The largest absolute Gasteiger partial charge is 0.465 e. The monoisotopic (exact) mass is 226 g/mol. The molecular weight excluding hydrogens is 204 g/mol. The molecule has 92 valence electrons. The molecule has 0 saturated carbocycles. The Balaban J connectivity index is 2.49. The molecule has 0 amide bonds. The van der Waals surface area contributed by atoms with Gasteiger partial charge in [0, 0.05) is 11.8 Å². The molecule has 1 atom stereocenters. The summed E-state index contributed by atoms with van der Waals surface area (Å²) in [5.74, 6) is -0.142. The van der Waals surface area contributed by atoms with Gasteiger partial charge in [0.1, 0.15) is 0 Å². The highest BCUT2D eigenvalue weighted by atomic mass is 16.5. The molecule has 16 heavy (non-hydrogen) atoms. The van der Waals surface area contributed by atoms with Gasteiger partial charge in [-0.15, -0.1) is 0 Å². The normalized spacial score (nSPS) is 21.5. The summed E-state index contributed by atoms with van der Waals surface area (Å²) >= 11 is 0. The van der Waals surface area contributed by atoms with Crippen molar-refractivity contribution in [2.75, 3.05) is 13.2 Å². The van der Waals surface area contributed by atoms with Crippen LogP contribution in [0.4, 0.5) is 0 Å². The highest BCUT2D eigenvalue weighted by Crippen LogP contribution is 2.30. The first-order chi connectivity index (χ1) is 7.45. The average Bonchev–Trinajstić information content (AvgIpc) is 2.26. The van der Waals surface area contributed by atoms with E-state index in [-0.39, 0.29) is 17.5 Å². The summed E-state index contributed by atoms with van der Waals surface area (Å²) in [5.41, 5.74) is 1.23. The van der Waals surface area contributed by atoms with Crippen molar-refractivity contribution in [3.8, 4) is 0 Å². The first-order valence-electron chi connectivity index (χ1n) is 5.88. The molecule has 0 aromatic carbocycles. The van der Waals surface area contributed by atoms with Crippen LogP contribution in [0.5, 0.6) is 0 Å². The number of ether oxygens (including phenoxy) is 2. The molecule has 1 aliphatic heterocycles. The van der Waals surface area contributed by atoms with Crippen LogP contribution < -0.4 is 0 Å². The summed E-state index contributed by atoms with van der Waals surface area (Å²) in [4.78, 5) is 11.1. The molecule has 0 aliphatic carbocycles. The van der Waals surface area contributed by atoms with E-state index in [9.17, 15) is 4.79 Å². The number of esters is 1. The van der Waals surface area contributed by atoms with Crippen molar-refractivity contribution in [3.05, 3.63) is 11.6 Å². The van der Waals surface area contributed by atoms with Crippen LogP contribution in [-0.4, -0.2) is 25.3 Å². The van der Waals surface area contributed by atoms with Gasteiger partial charge in [0.2, 0.25) is 0 Å². The second-order valence-corrected chi connectivity index (χ2v) is 5.08. The predicted molar refractivity (Wildman–Crippen MR) is 63.1 cm³/mol. The van der Waals surface area contributed by atoms with E-state index in [2.05, 4.69) is 26.8 Å². The molecule has 0 aromatic heterocycles. The van der Waals surface area contributed by atoms with E-state index in [1.807, 2.05) is 0 Å². The zero-order valence-electron chi connectivity index (χ0n) is 10.7. The molecule has 0 fully saturated rings. The van der Waals surface area contributed by atoms with E-state index in [0.717, 1.165) is 6.42 Å². The van der Waals surface area contributed by atoms with Crippen molar-refractivity contribution in [2.24, 2.45) is 5.41 Å². The van der Waals surface area contributed by atoms with Crippen LogP contribution in [0.2, 0.25) is 0 Å². The topological polar surface area (TPSA) is 35.5 Å². The number of hydrogen-bond donors (Lipinski definition) is 0. The fourth-order valence-corrected chi connectivity index (χ4v) is 1.70. The van der Waals surface area contributed by atoms with Crippen molar-refractivity contribution in [1.29, 1.82) is 0 Å². The van der Waals surface area contributed by atoms with Crippen LogP contribution in [0.1, 0.15) is 40.5 Å². The van der Waals surface area contributed by atoms with Crippen molar-refractivity contribution >= 4 is 5.97 Å². The number of rotatable bonds is 4. The molecule has 1 rings (SSSR count). The third kappa shape index (κ3) is 3.63. The van der Waals surface area contributed by atoms with Gasteiger partial charge in [0.25, 0.3) is 0 Å². The second-order valence-electron chi connectivity index (χ2n) is 5.08. The summed E-state index contributed by atoms with van der Waals surface area (Å²) < 4.78 is 10.9. The number of carbonyl (C=O) groups excluding carboxylic acids is 1. The lowest BCUT2D eigenvalue weighted by atomic mass is 9.83. The molecule has 1 aliphatic rings. The van der Waals surface area contributed by atoms with Gasteiger partial charge in [-0.2, -0.15) is 0 Å². The molecule has 0 saturated heterocycles. The van der Waals surface area contributed by atoms with E-state index >= 15 is 0 Å². The third-order valence-electron chi connectivity index (χ3n) is 3.00. The average molecular weight is 226 g/mol. The first kappa shape index (κ1) is 13.2. The fraction of sp³-hybridized carbons (Fsp3) is 0.769. The Kier molecular flexibility index (Phi) is 4.54. The van der Waals surface area contributed by atoms with E-state index in [4.69, 9.17) is 9.47 Å². The van der Waals surface area contributed by atoms with E-state index in [1.54, 1.807) is 6.92 Å². The maximum absolute atomic E-state index is 11.1. The second kappa shape index (κ2) is 5.48. The maximum Gasteiger partial charge on any atom is 0.305 e. The molecule has 0 N–H and O–H groups in total. The molecule has 0 aromatic rings. The van der Waals surface area contributed by atoms with Gasteiger partial charge in [-0.3, -0.25) is 4.79 Å². The van der Waals surface area contributed by atoms with Crippen molar-refractivity contribution in [1.82, 2.24) is 0 Å². The Morgan fingerprint density at radius 3 is 2.88 bits per heavy atom. The minimum Gasteiger partial charge on any atom is -0.465 e. The van der Waals surface area contributed by atoms with Crippen LogP contribution in [0.15, 0.2) is 11.6 Å². The molecule has 3 nitrogen and oxygen atoms in total. The van der Waals surface area contributed by atoms with Crippen LogP contribution in [0.25, 0.3) is 0 Å². The lowest BCUT2D eigenvalue weighted by Gasteiger charge is -2.35. The quantitative estimate of drug-likeness (QED) is 0.546. The fourth-order valence-electron chi connectivity index (χ4n) is 1.70. The molecular formula is C13H22O3. The molecule has 3 heteroatoms. The van der Waals surface area contributed by atoms with Gasteiger partial charge >= 0.3 is 5.97 Å². The maximum atomic E-state index is 11.1. The SMILES string of the molecule is CCC(=O)OCC(C)(C)C1CC(C)=CCO1. The van der Waals surface area contributed by atoms with Gasteiger partial charge in [0.15, 0.2) is 0 Å². The van der Waals surface area contributed by atoms with Crippen LogP contribution in [0.3, 0.4) is 0 Å². The summed E-state index contributed by atoms with van der Waals surface area (Å²) in [6.45, 7) is 9.18. The van der Waals surface area contributed by atoms with Crippen LogP contribution >= 0.6 is 0 Å². The minimum atomic E-state index is -0.142. The minimum absolute atomic E-state index is 0.125. The molecule has 0 bridgehead atoms. The van der Waals surface area contributed by atoms with Crippen molar-refractivity contribution < 1.29 is 14.3 Å². The Labute approximate surface area is 97.8 Å². The zero-order valence-corrected chi connectivity index (χ0v) is 10.7. The third-order valence-corrected chi connectivity index (χ3v) is 3.00. The van der Waals surface area contributed by atoms with E-state index in [1.165, 1.54) is 5.57 Å². The Morgan fingerprint density at radius 2 is 2.31 bits per heavy atom. The van der Waals surface area contributed by atoms with Gasteiger partial charge in [-0.25, -0.2) is 0 Å². The first-order valence-corrected chi connectivity index (χ1v) is 5.88. The van der Waals surface area contributed by atoms with Gasteiger partial charge in [0.05, 0.1) is 19.3 Å². The Bertz CT molecular complexity index is 279. The molecule has 1 heterocycles. The van der Waals surface area contributed by atoms with Crippen molar-refractivity contribution in [3.63, 3.8) is 0 Å². The molecule has 0 spiro atoms. The summed E-state index contributed by atoms with van der Waals surface area (Å²) in [7, 11) is 0. The van der Waals surface area contributed by atoms with Crippen molar-refractivity contribution in [2.45, 2.75) is 46.6 Å². The summed E-state index contributed by atoms with van der Waals surface area (Å²) in [5, 5.41) is 0. The predicted octanol–water partition coefficient (Wildman–Crippen LogP) is 2.70. The van der Waals surface area contributed by atoms with Gasteiger partial charge in [-0.1, -0.05) is 32.4 Å². The number of hydrogen-bond acceptors (Lipinski definition) is 3.